The Hall–Kier alpha value is -0.860. The van der Waals surface area contributed by atoms with E-state index in [0.717, 1.165) is 0 Å². The fourth-order valence-corrected chi connectivity index (χ4v) is 1.41. The Bertz CT molecular complexity index is 412. The van der Waals surface area contributed by atoms with Crippen LogP contribution in [0.2, 0.25) is 0 Å². The molecule has 0 N–H and O–H groups in total. The summed E-state index contributed by atoms with van der Waals surface area (Å²) in [4.78, 5) is 14.8. The van der Waals surface area contributed by atoms with E-state index in [4.69, 9.17) is 0 Å². The fraction of sp³-hybridized carbons (Fsp3) is 0.333. The lowest BCUT2D eigenvalue weighted by Gasteiger charge is -2.08. The average molecular weight is 345 g/mol. The Morgan fingerprint density at radius 3 is 2.75 bits per heavy atom. The molecule has 0 atom stereocenters. The highest BCUT2D eigenvalue weighted by Crippen LogP contribution is 2.24. The molecule has 3 nitrogen and oxygen atoms in total. The molecule has 1 aromatic rings. The summed E-state index contributed by atoms with van der Waals surface area (Å²) in [6.07, 6.45) is -2.97. The third-order valence-corrected chi connectivity index (χ3v) is 2.42. The van der Waals surface area contributed by atoms with Crippen LogP contribution < -0.4 is 0 Å². The quantitative estimate of drug-likeness (QED) is 0.480. The van der Waals surface area contributed by atoms with Gasteiger partial charge in [-0.1, -0.05) is 0 Å². The average Bonchev–Trinajstić information content (AvgIpc) is 2.21. The Labute approximate surface area is 103 Å². The van der Waals surface area contributed by atoms with Crippen molar-refractivity contribution in [2.75, 3.05) is 6.61 Å². The van der Waals surface area contributed by atoms with Gasteiger partial charge in [0.15, 0.2) is 11.5 Å². The zero-order chi connectivity index (χ0) is 12.3. The zero-order valence-electron chi connectivity index (χ0n) is 8.14. The van der Waals surface area contributed by atoms with Crippen LogP contribution in [0.1, 0.15) is 29.4 Å². The lowest BCUT2D eigenvalue weighted by Crippen LogP contribution is -2.13. The number of alkyl halides is 2. The van der Waals surface area contributed by atoms with E-state index in [0.29, 0.717) is 6.07 Å². The van der Waals surface area contributed by atoms with Crippen molar-refractivity contribution >= 4 is 28.6 Å². The molecule has 0 radical (unpaired) electrons. The minimum absolute atomic E-state index is 0.0388. The van der Waals surface area contributed by atoms with Crippen molar-refractivity contribution < 1.29 is 22.7 Å². The molecule has 0 aliphatic rings. The first-order valence-corrected chi connectivity index (χ1v) is 5.36. The maximum atomic E-state index is 13.0. The number of carbonyl (C=O) groups is 1. The van der Waals surface area contributed by atoms with Crippen LogP contribution in [0.5, 0.6) is 0 Å². The van der Waals surface area contributed by atoms with Gasteiger partial charge in [-0.15, -0.1) is 0 Å². The van der Waals surface area contributed by atoms with Gasteiger partial charge in [-0.25, -0.2) is 22.9 Å². The van der Waals surface area contributed by atoms with Gasteiger partial charge in [0.1, 0.15) is 3.70 Å². The lowest BCUT2D eigenvalue weighted by molar-refractivity contribution is 0.0507. The van der Waals surface area contributed by atoms with Crippen molar-refractivity contribution in [2.45, 2.75) is 13.3 Å². The van der Waals surface area contributed by atoms with Gasteiger partial charge in [-0.3, -0.25) is 0 Å². The van der Waals surface area contributed by atoms with Gasteiger partial charge in [0.2, 0.25) is 0 Å². The number of esters is 1. The first-order chi connectivity index (χ1) is 7.47. The Morgan fingerprint density at radius 2 is 2.25 bits per heavy atom. The van der Waals surface area contributed by atoms with Crippen LogP contribution in [-0.2, 0) is 4.74 Å². The maximum absolute atomic E-state index is 13.0. The van der Waals surface area contributed by atoms with Gasteiger partial charge in [0.25, 0.3) is 6.43 Å². The van der Waals surface area contributed by atoms with E-state index in [9.17, 15) is 18.0 Å². The van der Waals surface area contributed by atoms with Crippen LogP contribution in [0.4, 0.5) is 13.2 Å². The van der Waals surface area contributed by atoms with Gasteiger partial charge < -0.3 is 4.74 Å². The molecule has 1 heterocycles. The Morgan fingerprint density at radius 1 is 1.62 bits per heavy atom. The Balaban J connectivity index is 3.24. The van der Waals surface area contributed by atoms with Gasteiger partial charge in [-0.2, -0.15) is 0 Å². The van der Waals surface area contributed by atoms with Gasteiger partial charge in [-0.05, 0) is 35.6 Å². The van der Waals surface area contributed by atoms with Crippen LogP contribution in [-0.4, -0.2) is 17.6 Å². The molecular formula is C9H7F3INO2. The second-order valence-electron chi connectivity index (χ2n) is 2.72. The first-order valence-electron chi connectivity index (χ1n) is 4.28. The minimum Gasteiger partial charge on any atom is -0.461 e. The fourth-order valence-electron chi connectivity index (χ4n) is 1.01. The number of halogens is 4. The molecule has 0 saturated heterocycles. The molecule has 88 valence electrons. The molecule has 1 aromatic heterocycles. The van der Waals surface area contributed by atoms with E-state index in [1.54, 1.807) is 0 Å². The van der Waals surface area contributed by atoms with Gasteiger partial charge in [0.05, 0.1) is 12.2 Å². The molecule has 0 saturated carbocycles. The van der Waals surface area contributed by atoms with Gasteiger partial charge >= 0.3 is 5.97 Å². The highest BCUT2D eigenvalue weighted by atomic mass is 127. The molecule has 0 fully saturated rings. The summed E-state index contributed by atoms with van der Waals surface area (Å²) in [5.41, 5.74) is -1.29. The summed E-state index contributed by atoms with van der Waals surface area (Å²) in [5.74, 6) is -1.86. The number of hydrogen-bond donors (Lipinski definition) is 0. The van der Waals surface area contributed by atoms with Crippen LogP contribution in [0.3, 0.4) is 0 Å². The van der Waals surface area contributed by atoms with Crippen molar-refractivity contribution in [2.24, 2.45) is 0 Å². The molecule has 0 aliphatic carbocycles. The van der Waals surface area contributed by atoms with Crippen LogP contribution in [0, 0.1) is 9.52 Å². The summed E-state index contributed by atoms with van der Waals surface area (Å²) < 4.78 is 42.5. The predicted octanol–water partition coefficient (Wildman–Crippen LogP) is 2.94. The normalized spacial score (nSPS) is 10.6. The number of nitrogens with zero attached hydrogens (tertiary/aromatic N) is 1. The number of carbonyl (C=O) groups excluding carboxylic acids is 1. The molecule has 0 amide bonds. The molecule has 16 heavy (non-hydrogen) atoms. The zero-order valence-corrected chi connectivity index (χ0v) is 10.3. The topological polar surface area (TPSA) is 39.2 Å². The molecular weight excluding hydrogens is 338 g/mol. The smallest absolute Gasteiger partial charge is 0.357 e. The molecule has 7 heteroatoms. The monoisotopic (exact) mass is 345 g/mol. The number of hydrogen-bond acceptors (Lipinski definition) is 3. The second kappa shape index (κ2) is 5.46. The highest BCUT2D eigenvalue weighted by molar-refractivity contribution is 14.1. The first kappa shape index (κ1) is 13.2. The van der Waals surface area contributed by atoms with Gasteiger partial charge in [0, 0.05) is 0 Å². The van der Waals surface area contributed by atoms with Crippen molar-refractivity contribution in [3.8, 4) is 0 Å². The molecule has 0 spiro atoms. The number of ether oxygens (including phenoxy) is 1. The second-order valence-corrected chi connectivity index (χ2v) is 3.74. The number of rotatable bonds is 3. The summed E-state index contributed by atoms with van der Waals surface area (Å²) in [7, 11) is 0. The number of pyridine rings is 1. The van der Waals surface area contributed by atoms with E-state index in [-0.39, 0.29) is 10.3 Å². The van der Waals surface area contributed by atoms with E-state index < -0.39 is 29.5 Å². The molecule has 0 unspecified atom stereocenters. The minimum atomic E-state index is -2.97. The maximum Gasteiger partial charge on any atom is 0.357 e. The van der Waals surface area contributed by atoms with Crippen LogP contribution in [0.25, 0.3) is 0 Å². The summed E-state index contributed by atoms with van der Waals surface area (Å²) in [6, 6.07) is 0.603. The third kappa shape index (κ3) is 2.83. The highest BCUT2D eigenvalue weighted by Gasteiger charge is 2.23. The Kier molecular flexibility index (Phi) is 4.51. The molecule has 1 rings (SSSR count). The SMILES string of the molecule is CCOC(=O)c1nc(I)c(F)cc1C(F)F. The molecule has 0 bridgehead atoms. The van der Waals surface area contributed by atoms with Crippen LogP contribution in [0.15, 0.2) is 6.07 Å². The van der Waals surface area contributed by atoms with E-state index >= 15 is 0 Å². The van der Waals surface area contributed by atoms with Crippen molar-refractivity contribution in [3.63, 3.8) is 0 Å². The van der Waals surface area contributed by atoms with E-state index in [2.05, 4.69) is 9.72 Å². The van der Waals surface area contributed by atoms with Crippen LogP contribution >= 0.6 is 22.6 Å². The molecule has 0 aliphatic heterocycles. The predicted molar refractivity (Wildman–Crippen MR) is 57.8 cm³/mol. The third-order valence-electron chi connectivity index (χ3n) is 1.67. The van der Waals surface area contributed by atoms with E-state index in [1.807, 2.05) is 0 Å². The van der Waals surface area contributed by atoms with Crippen molar-refractivity contribution in [3.05, 3.63) is 26.8 Å². The number of aromatic nitrogens is 1. The standard InChI is InChI=1S/C9H7F3INO2/c1-2-16-9(15)6-4(7(11)12)3-5(10)8(13)14-6/h3,7H,2H2,1H3. The summed E-state index contributed by atoms with van der Waals surface area (Å²) >= 11 is 1.51. The summed E-state index contributed by atoms with van der Waals surface area (Å²) in [5, 5.41) is 0. The largest absolute Gasteiger partial charge is 0.461 e. The molecule has 0 aromatic carbocycles. The van der Waals surface area contributed by atoms with Crippen molar-refractivity contribution in [1.29, 1.82) is 0 Å². The van der Waals surface area contributed by atoms with Crippen molar-refractivity contribution in [1.82, 2.24) is 4.98 Å². The summed E-state index contributed by atoms with van der Waals surface area (Å²) in [6.45, 7) is 1.57. The van der Waals surface area contributed by atoms with E-state index in [1.165, 1.54) is 29.5 Å². The lowest BCUT2D eigenvalue weighted by atomic mass is 10.2.